The molecule has 0 bridgehead atoms. The quantitative estimate of drug-likeness (QED) is 0.877. The molecule has 0 amide bonds. The molecule has 2 aromatic rings. The molecule has 1 aromatic carbocycles. The number of carboxylic acids is 1. The van der Waals surface area contributed by atoms with Crippen LogP contribution in [0.25, 0.3) is 11.3 Å². The van der Waals surface area contributed by atoms with Crippen LogP contribution < -0.4 is 0 Å². The highest BCUT2D eigenvalue weighted by molar-refractivity contribution is 6.35. The molecule has 0 fully saturated rings. The third kappa shape index (κ3) is 3.22. The molecule has 2 rings (SSSR count). The molecule has 0 aliphatic heterocycles. The lowest BCUT2D eigenvalue weighted by Gasteiger charge is -2.09. The highest BCUT2D eigenvalue weighted by atomic mass is 35.5. The summed E-state index contributed by atoms with van der Waals surface area (Å²) >= 11 is 11.9. The molecule has 0 saturated heterocycles. The zero-order chi connectivity index (χ0) is 14.0. The van der Waals surface area contributed by atoms with Crippen molar-refractivity contribution in [1.29, 1.82) is 0 Å². The van der Waals surface area contributed by atoms with Crippen molar-refractivity contribution in [2.75, 3.05) is 0 Å². The lowest BCUT2D eigenvalue weighted by Crippen LogP contribution is -2.04. The molecule has 19 heavy (non-hydrogen) atoms. The average Bonchev–Trinajstić information content (AvgIpc) is 2.34. The summed E-state index contributed by atoms with van der Waals surface area (Å²) in [6.45, 7) is 0. The van der Waals surface area contributed by atoms with E-state index < -0.39 is 11.9 Å². The number of hydrogen-bond donors (Lipinski definition) is 1. The van der Waals surface area contributed by atoms with E-state index in [0.29, 0.717) is 21.2 Å². The number of benzene rings is 1. The summed E-state index contributed by atoms with van der Waals surface area (Å²) in [6, 6.07) is 7.15. The monoisotopic (exact) mass is 299 g/mol. The van der Waals surface area contributed by atoms with Gasteiger partial charge in [-0.1, -0.05) is 29.3 Å². The third-order valence-electron chi connectivity index (χ3n) is 2.47. The van der Waals surface area contributed by atoms with E-state index in [1.807, 2.05) is 0 Å². The average molecular weight is 300 g/mol. The number of nitrogens with zero attached hydrogens (tertiary/aromatic N) is 1. The first-order valence-corrected chi connectivity index (χ1v) is 6.05. The number of aliphatic carboxylic acids is 1. The molecule has 98 valence electrons. The molecule has 0 aliphatic carbocycles. The first-order valence-electron chi connectivity index (χ1n) is 5.30. The largest absolute Gasteiger partial charge is 0.481 e. The van der Waals surface area contributed by atoms with Crippen molar-refractivity contribution in [1.82, 2.24) is 4.98 Å². The van der Waals surface area contributed by atoms with Crippen LogP contribution in [0.2, 0.25) is 10.0 Å². The fourth-order valence-corrected chi connectivity index (χ4v) is 2.06. The van der Waals surface area contributed by atoms with Crippen LogP contribution in [0.5, 0.6) is 0 Å². The van der Waals surface area contributed by atoms with Gasteiger partial charge in [0.05, 0.1) is 17.1 Å². The van der Waals surface area contributed by atoms with E-state index in [4.69, 9.17) is 28.3 Å². The Balaban J connectivity index is 2.62. The maximum absolute atomic E-state index is 13.3. The molecular formula is C13H8Cl2FNO2. The predicted molar refractivity (Wildman–Crippen MR) is 71.0 cm³/mol. The van der Waals surface area contributed by atoms with Crippen LogP contribution in [0.1, 0.15) is 5.56 Å². The van der Waals surface area contributed by atoms with Crippen molar-refractivity contribution >= 4 is 29.2 Å². The smallest absolute Gasteiger partial charge is 0.307 e. The minimum absolute atomic E-state index is 0.190. The van der Waals surface area contributed by atoms with Gasteiger partial charge in [0, 0.05) is 10.6 Å². The molecule has 0 spiro atoms. The highest BCUT2D eigenvalue weighted by Gasteiger charge is 2.14. The Hall–Kier alpha value is -1.65. The first kappa shape index (κ1) is 13.8. The van der Waals surface area contributed by atoms with Crippen LogP contribution in [0, 0.1) is 5.95 Å². The Morgan fingerprint density at radius 1 is 1.26 bits per heavy atom. The Kier molecular flexibility index (Phi) is 4.02. The second-order valence-corrected chi connectivity index (χ2v) is 4.68. The minimum Gasteiger partial charge on any atom is -0.481 e. The normalized spacial score (nSPS) is 10.5. The third-order valence-corrected chi connectivity index (χ3v) is 3.03. The van der Waals surface area contributed by atoms with Crippen LogP contribution in [0.15, 0.2) is 30.3 Å². The summed E-state index contributed by atoms with van der Waals surface area (Å²) < 4.78 is 13.3. The van der Waals surface area contributed by atoms with Gasteiger partial charge in [-0.25, -0.2) is 4.98 Å². The van der Waals surface area contributed by atoms with E-state index in [2.05, 4.69) is 4.98 Å². The number of pyridine rings is 1. The van der Waals surface area contributed by atoms with E-state index in [1.54, 1.807) is 12.1 Å². The lowest BCUT2D eigenvalue weighted by atomic mass is 10.0. The number of aromatic nitrogens is 1. The molecule has 6 heteroatoms. The Bertz CT molecular complexity index is 647. The van der Waals surface area contributed by atoms with Crippen LogP contribution in [-0.2, 0) is 11.2 Å². The van der Waals surface area contributed by atoms with Crippen molar-refractivity contribution in [2.24, 2.45) is 0 Å². The van der Waals surface area contributed by atoms with Crippen molar-refractivity contribution in [3.05, 3.63) is 51.9 Å². The maximum atomic E-state index is 13.3. The van der Waals surface area contributed by atoms with Gasteiger partial charge < -0.3 is 5.11 Å². The van der Waals surface area contributed by atoms with Crippen LogP contribution in [-0.4, -0.2) is 16.1 Å². The first-order chi connectivity index (χ1) is 8.97. The fourth-order valence-electron chi connectivity index (χ4n) is 1.68. The fraction of sp³-hybridized carbons (Fsp3) is 0.0769. The Labute approximate surface area is 118 Å². The lowest BCUT2D eigenvalue weighted by molar-refractivity contribution is -0.136. The molecule has 1 aromatic heterocycles. The number of carboxylic acid groups (broad SMARTS) is 1. The second-order valence-electron chi connectivity index (χ2n) is 3.84. The van der Waals surface area contributed by atoms with E-state index >= 15 is 0 Å². The zero-order valence-corrected chi connectivity index (χ0v) is 11.0. The van der Waals surface area contributed by atoms with Gasteiger partial charge in [-0.2, -0.15) is 4.39 Å². The van der Waals surface area contributed by atoms with Gasteiger partial charge in [-0.15, -0.1) is 0 Å². The summed E-state index contributed by atoms with van der Waals surface area (Å²) in [5.41, 5.74) is 0.970. The van der Waals surface area contributed by atoms with E-state index in [-0.39, 0.29) is 12.1 Å². The molecule has 0 atom stereocenters. The number of hydrogen-bond acceptors (Lipinski definition) is 2. The van der Waals surface area contributed by atoms with Crippen molar-refractivity contribution in [2.45, 2.75) is 6.42 Å². The van der Waals surface area contributed by atoms with E-state index in [0.717, 1.165) is 6.07 Å². The molecule has 1 heterocycles. The molecular weight excluding hydrogens is 292 g/mol. The van der Waals surface area contributed by atoms with Gasteiger partial charge in [-0.05, 0) is 29.8 Å². The van der Waals surface area contributed by atoms with Gasteiger partial charge in [0.25, 0.3) is 0 Å². The van der Waals surface area contributed by atoms with Gasteiger partial charge in [0.2, 0.25) is 5.95 Å². The summed E-state index contributed by atoms with van der Waals surface area (Å²) in [6.07, 6.45) is -0.272. The topological polar surface area (TPSA) is 50.2 Å². The maximum Gasteiger partial charge on any atom is 0.307 e. The Morgan fingerprint density at radius 3 is 2.68 bits per heavy atom. The van der Waals surface area contributed by atoms with Crippen molar-refractivity contribution < 1.29 is 14.3 Å². The highest BCUT2D eigenvalue weighted by Crippen LogP contribution is 2.31. The standard InChI is InChI=1S/C13H8Cl2FNO2/c14-8-2-3-10(15)9(6-8)13-7(5-12(18)19)1-4-11(16)17-13/h1-4,6H,5H2,(H,18,19). The zero-order valence-electron chi connectivity index (χ0n) is 9.53. The van der Waals surface area contributed by atoms with Gasteiger partial charge in [0.15, 0.2) is 0 Å². The molecule has 0 aliphatic rings. The predicted octanol–water partition coefficient (Wildman–Crippen LogP) is 3.82. The van der Waals surface area contributed by atoms with Crippen LogP contribution in [0.3, 0.4) is 0 Å². The minimum atomic E-state index is -1.03. The molecule has 0 saturated carbocycles. The summed E-state index contributed by atoms with van der Waals surface area (Å²) in [5.74, 6) is -1.74. The van der Waals surface area contributed by atoms with Crippen molar-refractivity contribution in [3.8, 4) is 11.3 Å². The second kappa shape index (κ2) is 5.55. The van der Waals surface area contributed by atoms with E-state index in [9.17, 15) is 9.18 Å². The number of halogens is 3. The van der Waals surface area contributed by atoms with E-state index in [1.165, 1.54) is 12.1 Å². The molecule has 0 radical (unpaired) electrons. The van der Waals surface area contributed by atoms with Crippen LogP contribution in [0.4, 0.5) is 4.39 Å². The van der Waals surface area contributed by atoms with Gasteiger partial charge in [0.1, 0.15) is 0 Å². The summed E-state index contributed by atoms with van der Waals surface area (Å²) in [4.78, 5) is 14.5. The van der Waals surface area contributed by atoms with Gasteiger partial charge >= 0.3 is 5.97 Å². The molecule has 1 N–H and O–H groups in total. The Morgan fingerprint density at radius 2 is 2.00 bits per heavy atom. The van der Waals surface area contributed by atoms with Crippen molar-refractivity contribution in [3.63, 3.8) is 0 Å². The number of rotatable bonds is 3. The number of carbonyl (C=O) groups is 1. The summed E-state index contributed by atoms with van der Waals surface area (Å²) in [5, 5.41) is 9.59. The van der Waals surface area contributed by atoms with Crippen LogP contribution >= 0.6 is 23.2 Å². The summed E-state index contributed by atoms with van der Waals surface area (Å²) in [7, 11) is 0. The molecule has 0 unspecified atom stereocenters. The van der Waals surface area contributed by atoms with Gasteiger partial charge in [-0.3, -0.25) is 4.79 Å². The SMILES string of the molecule is O=C(O)Cc1ccc(F)nc1-c1cc(Cl)ccc1Cl. The molecule has 3 nitrogen and oxygen atoms in total.